The predicted octanol–water partition coefficient (Wildman–Crippen LogP) is 2.34. The molecular formula is C15H24N2O. The maximum Gasteiger partial charge on any atom is 0.0510 e. The Morgan fingerprint density at radius 3 is 3.11 bits per heavy atom. The smallest absolute Gasteiger partial charge is 0.0510 e. The van der Waals surface area contributed by atoms with Gasteiger partial charge in [0.2, 0.25) is 0 Å². The number of ether oxygens (including phenoxy) is 1. The maximum atomic E-state index is 5.53. The van der Waals surface area contributed by atoms with Crippen LogP contribution in [0.15, 0.2) is 18.3 Å². The molecule has 0 radical (unpaired) electrons. The number of hydrogen-bond acceptors (Lipinski definition) is 3. The first-order chi connectivity index (χ1) is 8.81. The lowest BCUT2D eigenvalue weighted by molar-refractivity contribution is 0.176. The number of nitrogens with one attached hydrogen (secondary N) is 1. The largest absolute Gasteiger partial charge is 0.381 e. The summed E-state index contributed by atoms with van der Waals surface area (Å²) in [5.41, 5.74) is 2.51. The third-order valence-corrected chi connectivity index (χ3v) is 3.72. The average molecular weight is 248 g/mol. The SMILES string of the molecule is CCCNC(Cc1ncccc1C)C1CCOC1. The van der Waals surface area contributed by atoms with Crippen LogP contribution in [0.2, 0.25) is 0 Å². The first-order valence-electron chi connectivity index (χ1n) is 7.03. The van der Waals surface area contributed by atoms with E-state index in [1.807, 2.05) is 12.3 Å². The molecule has 1 saturated heterocycles. The summed E-state index contributed by atoms with van der Waals surface area (Å²) in [6.45, 7) is 7.24. The van der Waals surface area contributed by atoms with E-state index in [4.69, 9.17) is 4.74 Å². The zero-order valence-corrected chi connectivity index (χ0v) is 11.5. The van der Waals surface area contributed by atoms with Gasteiger partial charge in [-0.1, -0.05) is 13.0 Å². The van der Waals surface area contributed by atoms with Gasteiger partial charge in [-0.2, -0.15) is 0 Å². The van der Waals surface area contributed by atoms with Gasteiger partial charge >= 0.3 is 0 Å². The lowest BCUT2D eigenvalue weighted by Crippen LogP contribution is -2.39. The van der Waals surface area contributed by atoms with E-state index in [0.717, 1.165) is 26.2 Å². The van der Waals surface area contributed by atoms with Gasteiger partial charge in [0, 0.05) is 36.9 Å². The second-order valence-electron chi connectivity index (χ2n) is 5.16. The topological polar surface area (TPSA) is 34.2 Å². The van der Waals surface area contributed by atoms with Gasteiger partial charge in [-0.3, -0.25) is 4.98 Å². The molecule has 0 spiro atoms. The van der Waals surface area contributed by atoms with Gasteiger partial charge in [-0.15, -0.1) is 0 Å². The molecule has 2 rings (SSSR count). The van der Waals surface area contributed by atoms with Crippen LogP contribution >= 0.6 is 0 Å². The summed E-state index contributed by atoms with van der Waals surface area (Å²) in [4.78, 5) is 4.52. The van der Waals surface area contributed by atoms with Crippen molar-refractivity contribution < 1.29 is 4.74 Å². The monoisotopic (exact) mass is 248 g/mol. The average Bonchev–Trinajstić information content (AvgIpc) is 2.90. The van der Waals surface area contributed by atoms with Crippen molar-refractivity contribution in [1.82, 2.24) is 10.3 Å². The van der Waals surface area contributed by atoms with Crippen molar-refractivity contribution in [2.75, 3.05) is 19.8 Å². The van der Waals surface area contributed by atoms with E-state index >= 15 is 0 Å². The van der Waals surface area contributed by atoms with E-state index in [2.05, 4.69) is 30.2 Å². The van der Waals surface area contributed by atoms with Crippen LogP contribution in [-0.4, -0.2) is 30.8 Å². The molecule has 2 unspecified atom stereocenters. The Labute approximate surface area is 110 Å². The Kier molecular flexibility index (Phi) is 5.14. The molecule has 1 aliphatic rings. The summed E-state index contributed by atoms with van der Waals surface area (Å²) in [5, 5.41) is 3.67. The van der Waals surface area contributed by atoms with Crippen molar-refractivity contribution in [3.63, 3.8) is 0 Å². The van der Waals surface area contributed by atoms with Gasteiger partial charge in [0.15, 0.2) is 0 Å². The van der Waals surface area contributed by atoms with Crippen LogP contribution in [0.1, 0.15) is 31.0 Å². The predicted molar refractivity (Wildman–Crippen MR) is 73.7 cm³/mol. The van der Waals surface area contributed by atoms with Crippen LogP contribution in [0.4, 0.5) is 0 Å². The van der Waals surface area contributed by atoms with Gasteiger partial charge in [0.1, 0.15) is 0 Å². The van der Waals surface area contributed by atoms with Gasteiger partial charge in [0.25, 0.3) is 0 Å². The fourth-order valence-corrected chi connectivity index (χ4v) is 2.55. The van der Waals surface area contributed by atoms with Crippen molar-refractivity contribution in [3.05, 3.63) is 29.6 Å². The van der Waals surface area contributed by atoms with E-state index < -0.39 is 0 Å². The minimum absolute atomic E-state index is 0.501. The van der Waals surface area contributed by atoms with Crippen molar-refractivity contribution in [2.45, 2.75) is 39.2 Å². The van der Waals surface area contributed by atoms with Gasteiger partial charge < -0.3 is 10.1 Å². The minimum Gasteiger partial charge on any atom is -0.381 e. The van der Waals surface area contributed by atoms with Crippen molar-refractivity contribution in [3.8, 4) is 0 Å². The first kappa shape index (κ1) is 13.5. The Balaban J connectivity index is 2.02. The zero-order valence-electron chi connectivity index (χ0n) is 11.5. The third kappa shape index (κ3) is 3.53. The molecule has 1 aromatic rings. The number of aromatic nitrogens is 1. The lowest BCUT2D eigenvalue weighted by Gasteiger charge is -2.24. The summed E-state index contributed by atoms with van der Waals surface area (Å²) in [7, 11) is 0. The number of hydrogen-bond donors (Lipinski definition) is 1. The molecule has 2 heterocycles. The number of aryl methyl sites for hydroxylation is 1. The number of pyridine rings is 1. The third-order valence-electron chi connectivity index (χ3n) is 3.72. The molecule has 100 valence electrons. The summed E-state index contributed by atoms with van der Waals surface area (Å²) in [6.07, 6.45) is 5.25. The Hall–Kier alpha value is -0.930. The summed E-state index contributed by atoms with van der Waals surface area (Å²) in [5.74, 6) is 0.637. The highest BCUT2D eigenvalue weighted by Crippen LogP contribution is 2.20. The molecular weight excluding hydrogens is 224 g/mol. The first-order valence-corrected chi connectivity index (χ1v) is 7.03. The van der Waals surface area contributed by atoms with Crippen LogP contribution in [0.5, 0.6) is 0 Å². The Morgan fingerprint density at radius 2 is 2.44 bits per heavy atom. The van der Waals surface area contributed by atoms with Crippen LogP contribution in [0.25, 0.3) is 0 Å². The van der Waals surface area contributed by atoms with Gasteiger partial charge in [0.05, 0.1) is 6.61 Å². The molecule has 0 saturated carbocycles. The molecule has 1 fully saturated rings. The van der Waals surface area contributed by atoms with Crippen LogP contribution in [0.3, 0.4) is 0 Å². The van der Waals surface area contributed by atoms with Crippen LogP contribution in [0, 0.1) is 12.8 Å². The highest BCUT2D eigenvalue weighted by molar-refractivity contribution is 5.18. The minimum atomic E-state index is 0.501. The van der Waals surface area contributed by atoms with E-state index in [9.17, 15) is 0 Å². The van der Waals surface area contributed by atoms with Gasteiger partial charge in [-0.05, 0) is 37.9 Å². The Morgan fingerprint density at radius 1 is 1.56 bits per heavy atom. The molecule has 0 amide bonds. The van der Waals surface area contributed by atoms with E-state index in [-0.39, 0.29) is 0 Å². The molecule has 0 bridgehead atoms. The normalized spacial score (nSPS) is 21.1. The van der Waals surface area contributed by atoms with Crippen molar-refractivity contribution >= 4 is 0 Å². The molecule has 1 aliphatic heterocycles. The Bertz CT molecular complexity index is 361. The standard InChI is InChI=1S/C15H24N2O/c1-3-7-16-15(13-6-9-18-11-13)10-14-12(2)5-4-8-17-14/h4-5,8,13,15-16H,3,6-7,9-11H2,1-2H3. The molecule has 3 nitrogen and oxygen atoms in total. The quantitative estimate of drug-likeness (QED) is 0.839. The molecule has 1 N–H and O–H groups in total. The van der Waals surface area contributed by atoms with E-state index in [1.54, 1.807) is 0 Å². The molecule has 0 aliphatic carbocycles. The van der Waals surface area contributed by atoms with Crippen LogP contribution in [-0.2, 0) is 11.2 Å². The summed E-state index contributed by atoms with van der Waals surface area (Å²) < 4.78 is 5.53. The van der Waals surface area contributed by atoms with E-state index in [1.165, 1.54) is 24.1 Å². The molecule has 0 aromatic carbocycles. The zero-order chi connectivity index (χ0) is 12.8. The molecule has 1 aromatic heterocycles. The number of rotatable bonds is 6. The second-order valence-corrected chi connectivity index (χ2v) is 5.16. The molecule has 3 heteroatoms. The van der Waals surface area contributed by atoms with Gasteiger partial charge in [-0.25, -0.2) is 0 Å². The summed E-state index contributed by atoms with van der Waals surface area (Å²) in [6, 6.07) is 4.65. The fraction of sp³-hybridized carbons (Fsp3) is 0.667. The second kappa shape index (κ2) is 6.86. The highest BCUT2D eigenvalue weighted by Gasteiger charge is 2.26. The maximum absolute atomic E-state index is 5.53. The van der Waals surface area contributed by atoms with Crippen LogP contribution < -0.4 is 5.32 Å². The lowest BCUT2D eigenvalue weighted by atomic mass is 9.93. The fourth-order valence-electron chi connectivity index (χ4n) is 2.55. The van der Waals surface area contributed by atoms with Crippen molar-refractivity contribution in [1.29, 1.82) is 0 Å². The highest BCUT2D eigenvalue weighted by atomic mass is 16.5. The van der Waals surface area contributed by atoms with E-state index in [0.29, 0.717) is 12.0 Å². The van der Waals surface area contributed by atoms with Crippen molar-refractivity contribution in [2.24, 2.45) is 5.92 Å². The molecule has 2 atom stereocenters. The summed E-state index contributed by atoms with van der Waals surface area (Å²) >= 11 is 0. The molecule has 18 heavy (non-hydrogen) atoms. The number of nitrogens with zero attached hydrogens (tertiary/aromatic N) is 1.